The van der Waals surface area contributed by atoms with Crippen LogP contribution in [0.25, 0.3) is 11.4 Å². The molecule has 0 aliphatic heterocycles. The summed E-state index contributed by atoms with van der Waals surface area (Å²) in [6.07, 6.45) is 8.82. The van der Waals surface area contributed by atoms with Gasteiger partial charge in [0.1, 0.15) is 5.82 Å². The first-order valence-corrected chi connectivity index (χ1v) is 7.55. The second-order valence-corrected chi connectivity index (χ2v) is 5.97. The standard InChI is InChI=1S/C15H15IN4/c1-19-11-12(10-18-19)6-8-20-9-7-17-15(20)13-2-4-14(16)5-3-13/h2-5,7,9-11H,6,8H2,1H3. The lowest BCUT2D eigenvalue weighted by atomic mass is 10.2. The Labute approximate surface area is 131 Å². The predicted molar refractivity (Wildman–Crippen MR) is 87.3 cm³/mol. The molecule has 0 saturated heterocycles. The minimum Gasteiger partial charge on any atom is -0.331 e. The summed E-state index contributed by atoms with van der Waals surface area (Å²) in [5, 5.41) is 4.20. The van der Waals surface area contributed by atoms with Crippen molar-refractivity contribution in [3.63, 3.8) is 0 Å². The zero-order chi connectivity index (χ0) is 13.9. The first kappa shape index (κ1) is 13.4. The third kappa shape index (κ3) is 2.92. The normalized spacial score (nSPS) is 10.9. The van der Waals surface area contributed by atoms with Gasteiger partial charge in [0.25, 0.3) is 0 Å². The summed E-state index contributed by atoms with van der Waals surface area (Å²) in [6, 6.07) is 8.45. The van der Waals surface area contributed by atoms with E-state index in [4.69, 9.17) is 0 Å². The SMILES string of the molecule is Cn1cc(CCn2ccnc2-c2ccc(I)cc2)cn1. The van der Waals surface area contributed by atoms with E-state index in [0.717, 1.165) is 24.4 Å². The number of benzene rings is 1. The van der Waals surface area contributed by atoms with Crippen molar-refractivity contribution in [3.05, 3.63) is 58.2 Å². The van der Waals surface area contributed by atoms with Gasteiger partial charge in [-0.25, -0.2) is 4.98 Å². The average Bonchev–Trinajstić information content (AvgIpc) is 3.06. The Hall–Kier alpha value is -1.63. The number of hydrogen-bond acceptors (Lipinski definition) is 2. The largest absolute Gasteiger partial charge is 0.331 e. The fraction of sp³-hybridized carbons (Fsp3) is 0.200. The van der Waals surface area contributed by atoms with Crippen LogP contribution in [0.3, 0.4) is 0 Å². The molecule has 0 bridgehead atoms. The van der Waals surface area contributed by atoms with Crippen molar-refractivity contribution >= 4 is 22.6 Å². The van der Waals surface area contributed by atoms with E-state index >= 15 is 0 Å². The molecule has 0 aliphatic carbocycles. The summed E-state index contributed by atoms with van der Waals surface area (Å²) in [5.41, 5.74) is 2.40. The van der Waals surface area contributed by atoms with Gasteiger partial charge < -0.3 is 4.57 Å². The molecule has 102 valence electrons. The first-order chi connectivity index (χ1) is 9.72. The van der Waals surface area contributed by atoms with E-state index in [2.05, 4.69) is 67.7 Å². The van der Waals surface area contributed by atoms with Crippen LogP contribution in [0, 0.1) is 3.57 Å². The van der Waals surface area contributed by atoms with E-state index in [1.54, 1.807) is 0 Å². The van der Waals surface area contributed by atoms with Gasteiger partial charge in [-0.3, -0.25) is 4.68 Å². The van der Waals surface area contributed by atoms with Crippen molar-refractivity contribution in [1.82, 2.24) is 19.3 Å². The fourth-order valence-corrected chi connectivity index (χ4v) is 2.56. The van der Waals surface area contributed by atoms with Crippen molar-refractivity contribution in [2.75, 3.05) is 0 Å². The molecule has 0 radical (unpaired) electrons. The second-order valence-electron chi connectivity index (χ2n) is 4.72. The van der Waals surface area contributed by atoms with E-state index in [0.29, 0.717) is 0 Å². The van der Waals surface area contributed by atoms with Crippen molar-refractivity contribution < 1.29 is 0 Å². The highest BCUT2D eigenvalue weighted by Crippen LogP contribution is 2.19. The summed E-state index contributed by atoms with van der Waals surface area (Å²) < 4.78 is 5.26. The molecule has 20 heavy (non-hydrogen) atoms. The van der Waals surface area contributed by atoms with Crippen LogP contribution in [0.15, 0.2) is 49.1 Å². The number of aromatic nitrogens is 4. The highest BCUT2D eigenvalue weighted by atomic mass is 127. The summed E-state index contributed by atoms with van der Waals surface area (Å²) in [6.45, 7) is 0.910. The van der Waals surface area contributed by atoms with Crippen molar-refractivity contribution in [3.8, 4) is 11.4 Å². The number of nitrogens with zero attached hydrogens (tertiary/aromatic N) is 4. The van der Waals surface area contributed by atoms with Gasteiger partial charge >= 0.3 is 0 Å². The van der Waals surface area contributed by atoms with Crippen LogP contribution in [0.2, 0.25) is 0 Å². The maximum atomic E-state index is 4.47. The fourth-order valence-electron chi connectivity index (χ4n) is 2.20. The number of imidazole rings is 1. The van der Waals surface area contributed by atoms with Crippen molar-refractivity contribution in [2.24, 2.45) is 7.05 Å². The maximum absolute atomic E-state index is 4.47. The van der Waals surface area contributed by atoms with Crippen LogP contribution in [0.4, 0.5) is 0 Å². The number of aryl methyl sites for hydroxylation is 3. The lowest BCUT2D eigenvalue weighted by Gasteiger charge is -2.07. The summed E-state index contributed by atoms with van der Waals surface area (Å²) in [7, 11) is 1.94. The quantitative estimate of drug-likeness (QED) is 0.654. The van der Waals surface area contributed by atoms with Crippen LogP contribution in [-0.2, 0) is 20.0 Å². The van der Waals surface area contributed by atoms with Crippen LogP contribution in [0.1, 0.15) is 5.56 Å². The Bertz CT molecular complexity index is 697. The van der Waals surface area contributed by atoms with Crippen molar-refractivity contribution in [1.29, 1.82) is 0 Å². The molecule has 3 rings (SSSR count). The molecular formula is C15H15IN4. The van der Waals surface area contributed by atoms with E-state index in [-0.39, 0.29) is 0 Å². The molecule has 0 aliphatic rings. The summed E-state index contributed by atoms with van der Waals surface area (Å²) in [4.78, 5) is 4.47. The topological polar surface area (TPSA) is 35.6 Å². The highest BCUT2D eigenvalue weighted by molar-refractivity contribution is 14.1. The molecule has 4 nitrogen and oxygen atoms in total. The Morgan fingerprint density at radius 1 is 1.20 bits per heavy atom. The van der Waals surface area contributed by atoms with Gasteiger partial charge in [0.2, 0.25) is 0 Å². The summed E-state index contributed by atoms with van der Waals surface area (Å²) >= 11 is 2.31. The van der Waals surface area contributed by atoms with Gasteiger partial charge in [-0.05, 0) is 46.7 Å². The Morgan fingerprint density at radius 2 is 2.00 bits per heavy atom. The minimum absolute atomic E-state index is 0.910. The molecule has 1 aromatic carbocycles. The monoisotopic (exact) mass is 378 g/mol. The molecular weight excluding hydrogens is 363 g/mol. The van der Waals surface area contributed by atoms with Crippen LogP contribution in [-0.4, -0.2) is 19.3 Å². The summed E-state index contributed by atoms with van der Waals surface area (Å²) in [5.74, 6) is 1.02. The number of rotatable bonds is 4. The lowest BCUT2D eigenvalue weighted by molar-refractivity contribution is 0.701. The molecule has 3 aromatic rings. The third-order valence-electron chi connectivity index (χ3n) is 3.22. The maximum Gasteiger partial charge on any atom is 0.139 e. The molecule has 0 saturated carbocycles. The third-order valence-corrected chi connectivity index (χ3v) is 3.94. The molecule has 0 fully saturated rings. The number of halogens is 1. The molecule has 2 aromatic heterocycles. The Kier molecular flexibility index (Phi) is 3.86. The highest BCUT2D eigenvalue weighted by Gasteiger charge is 2.06. The molecule has 0 amide bonds. The number of hydrogen-bond donors (Lipinski definition) is 0. The molecule has 0 spiro atoms. The van der Waals surface area contributed by atoms with Crippen LogP contribution >= 0.6 is 22.6 Å². The lowest BCUT2D eigenvalue weighted by Crippen LogP contribution is -2.02. The van der Waals surface area contributed by atoms with E-state index < -0.39 is 0 Å². The zero-order valence-corrected chi connectivity index (χ0v) is 13.4. The smallest absolute Gasteiger partial charge is 0.139 e. The Balaban J connectivity index is 1.78. The molecule has 5 heteroatoms. The second kappa shape index (κ2) is 5.78. The minimum atomic E-state index is 0.910. The van der Waals surface area contributed by atoms with Gasteiger partial charge in [0.15, 0.2) is 0 Å². The van der Waals surface area contributed by atoms with Gasteiger partial charge in [0.05, 0.1) is 6.20 Å². The van der Waals surface area contributed by atoms with Gasteiger partial charge in [-0.1, -0.05) is 12.1 Å². The first-order valence-electron chi connectivity index (χ1n) is 6.47. The zero-order valence-electron chi connectivity index (χ0n) is 11.2. The average molecular weight is 378 g/mol. The van der Waals surface area contributed by atoms with Gasteiger partial charge in [-0.2, -0.15) is 5.10 Å². The Morgan fingerprint density at radius 3 is 2.70 bits per heavy atom. The van der Waals surface area contributed by atoms with Crippen molar-refractivity contribution in [2.45, 2.75) is 13.0 Å². The van der Waals surface area contributed by atoms with E-state index in [1.165, 1.54) is 9.13 Å². The van der Waals surface area contributed by atoms with E-state index in [1.807, 2.05) is 30.3 Å². The van der Waals surface area contributed by atoms with Gasteiger partial charge in [-0.15, -0.1) is 0 Å². The van der Waals surface area contributed by atoms with E-state index in [9.17, 15) is 0 Å². The molecule has 2 heterocycles. The van der Waals surface area contributed by atoms with Crippen LogP contribution < -0.4 is 0 Å². The molecule has 0 N–H and O–H groups in total. The van der Waals surface area contributed by atoms with Crippen LogP contribution in [0.5, 0.6) is 0 Å². The van der Waals surface area contributed by atoms with Gasteiger partial charge in [0, 0.05) is 41.3 Å². The molecule has 0 atom stereocenters. The molecule has 0 unspecified atom stereocenters. The predicted octanol–water partition coefficient (Wildman–Crippen LogP) is 3.13.